The maximum Gasteiger partial charge on any atom is 0.339 e. The normalized spacial score (nSPS) is 11.4. The summed E-state index contributed by atoms with van der Waals surface area (Å²) >= 11 is 3.16. The quantitative estimate of drug-likeness (QED) is 0.207. The second-order valence-corrected chi connectivity index (χ2v) is 7.76. The molecule has 12 heteroatoms. The lowest BCUT2D eigenvalue weighted by atomic mass is 10.1. The summed E-state index contributed by atoms with van der Waals surface area (Å²) in [5.41, 5.74) is 4.82. The lowest BCUT2D eigenvalue weighted by molar-refractivity contribution is -0.384. The number of hydrogen-bond donors (Lipinski definition) is 1. The Hall–Kier alpha value is -3.43. The van der Waals surface area contributed by atoms with Crippen LogP contribution < -0.4 is 14.7 Å². The van der Waals surface area contributed by atoms with E-state index in [4.69, 9.17) is 19.9 Å². The first-order valence-corrected chi connectivity index (χ1v) is 9.77. The Bertz CT molecular complexity index is 1150. The summed E-state index contributed by atoms with van der Waals surface area (Å²) in [6, 6.07) is 8.52. The van der Waals surface area contributed by atoms with Crippen molar-refractivity contribution in [3.8, 4) is 17.6 Å². The molecular formula is C17H12BrN3O7S. The van der Waals surface area contributed by atoms with Crippen molar-refractivity contribution in [3.63, 3.8) is 0 Å². The van der Waals surface area contributed by atoms with Crippen LogP contribution in [0.4, 0.5) is 5.69 Å². The average Bonchev–Trinajstić information content (AvgIpc) is 2.67. The molecule has 2 aromatic rings. The minimum atomic E-state index is -4.34. The molecule has 0 aliphatic rings. The molecule has 0 aromatic heterocycles. The van der Waals surface area contributed by atoms with E-state index in [1.54, 1.807) is 6.07 Å². The first kappa shape index (κ1) is 21.9. The number of methoxy groups -OCH3 is 1. The van der Waals surface area contributed by atoms with E-state index in [1.165, 1.54) is 25.3 Å². The fourth-order valence-corrected chi connectivity index (χ4v) is 3.73. The number of benzene rings is 2. The van der Waals surface area contributed by atoms with E-state index in [-0.39, 0.29) is 32.1 Å². The maximum atomic E-state index is 12.5. The van der Waals surface area contributed by atoms with E-state index in [0.29, 0.717) is 5.56 Å². The topological polar surface area (TPSA) is 163 Å². The highest BCUT2D eigenvalue weighted by atomic mass is 79.9. The molecule has 0 spiro atoms. The number of nitrogens with two attached hydrogens (primary N) is 1. The van der Waals surface area contributed by atoms with Crippen molar-refractivity contribution < 1.29 is 27.1 Å². The Kier molecular flexibility index (Phi) is 6.57. The van der Waals surface area contributed by atoms with Gasteiger partial charge in [0, 0.05) is 12.1 Å². The molecule has 10 nitrogen and oxygen atoms in total. The van der Waals surface area contributed by atoms with Crippen molar-refractivity contribution in [2.75, 3.05) is 7.11 Å². The third-order valence-corrected chi connectivity index (χ3v) is 5.30. The van der Waals surface area contributed by atoms with Crippen LogP contribution in [0.5, 0.6) is 11.5 Å². The van der Waals surface area contributed by atoms with E-state index in [1.807, 2.05) is 0 Å². The summed E-state index contributed by atoms with van der Waals surface area (Å²) in [6.45, 7) is 0. The van der Waals surface area contributed by atoms with Crippen LogP contribution in [0.3, 0.4) is 0 Å². The van der Waals surface area contributed by atoms with E-state index < -0.39 is 20.9 Å². The molecule has 0 unspecified atom stereocenters. The van der Waals surface area contributed by atoms with Crippen LogP contribution in [-0.2, 0) is 14.9 Å². The van der Waals surface area contributed by atoms with Gasteiger partial charge in [-0.05, 0) is 51.8 Å². The van der Waals surface area contributed by atoms with Gasteiger partial charge in [0.25, 0.3) is 11.6 Å². The predicted octanol–water partition coefficient (Wildman–Crippen LogP) is 2.53. The van der Waals surface area contributed by atoms with Crippen molar-refractivity contribution in [2.45, 2.75) is 4.90 Å². The standard InChI is InChI=1S/C17H12BrN3O7S/c1-27-15-8-10(6-11(9-19)17(20)22)7-14(18)16(15)28-29(25,26)13-4-2-12(3-5-13)21(23)24/h2-8H,1H3,(H2,20,22). The molecule has 0 atom stereocenters. The van der Waals surface area contributed by atoms with Crippen molar-refractivity contribution in [2.24, 2.45) is 5.73 Å². The summed E-state index contributed by atoms with van der Waals surface area (Å²) in [7, 11) is -3.08. The molecule has 0 radical (unpaired) electrons. The van der Waals surface area contributed by atoms with Crippen LogP contribution in [0.15, 0.2) is 51.3 Å². The van der Waals surface area contributed by atoms with Gasteiger partial charge in [-0.25, -0.2) is 0 Å². The number of nitro benzene ring substituents is 1. The zero-order valence-corrected chi connectivity index (χ0v) is 17.1. The van der Waals surface area contributed by atoms with E-state index >= 15 is 0 Å². The molecule has 1 amide bonds. The van der Waals surface area contributed by atoms with Crippen LogP contribution >= 0.6 is 15.9 Å². The first-order chi connectivity index (χ1) is 13.6. The number of nitrogens with zero attached hydrogens (tertiary/aromatic N) is 2. The SMILES string of the molecule is COc1cc(C=C(C#N)C(N)=O)cc(Br)c1OS(=O)(=O)c1ccc([N+](=O)[O-])cc1. The van der Waals surface area contributed by atoms with Gasteiger partial charge < -0.3 is 14.7 Å². The van der Waals surface area contributed by atoms with Crippen molar-refractivity contribution in [3.05, 3.63) is 62.1 Å². The zero-order chi connectivity index (χ0) is 21.8. The largest absolute Gasteiger partial charge is 0.493 e. The molecule has 0 aliphatic heterocycles. The van der Waals surface area contributed by atoms with E-state index in [0.717, 1.165) is 24.3 Å². The van der Waals surface area contributed by atoms with Gasteiger partial charge in [-0.3, -0.25) is 14.9 Å². The summed E-state index contributed by atoms with van der Waals surface area (Å²) in [6.07, 6.45) is 1.20. The maximum absolute atomic E-state index is 12.5. The number of primary amides is 1. The van der Waals surface area contributed by atoms with Gasteiger partial charge >= 0.3 is 10.1 Å². The highest BCUT2D eigenvalue weighted by molar-refractivity contribution is 9.10. The monoisotopic (exact) mass is 481 g/mol. The highest BCUT2D eigenvalue weighted by Gasteiger charge is 2.23. The van der Waals surface area contributed by atoms with Crippen molar-refractivity contribution in [1.29, 1.82) is 5.26 Å². The van der Waals surface area contributed by atoms with Crippen LogP contribution in [0.25, 0.3) is 6.08 Å². The van der Waals surface area contributed by atoms with E-state index in [9.17, 15) is 23.3 Å². The van der Waals surface area contributed by atoms with Crippen LogP contribution in [-0.4, -0.2) is 26.4 Å². The van der Waals surface area contributed by atoms with Gasteiger partial charge in [0.05, 0.1) is 16.5 Å². The molecule has 2 rings (SSSR count). The number of carbonyl (C=O) groups excluding carboxylic acids is 1. The number of non-ortho nitro benzene ring substituents is 1. The lowest BCUT2D eigenvalue weighted by Crippen LogP contribution is -2.12. The Morgan fingerprint density at radius 3 is 2.41 bits per heavy atom. The number of carbonyl (C=O) groups is 1. The van der Waals surface area contributed by atoms with Crippen molar-refractivity contribution >= 4 is 43.7 Å². The van der Waals surface area contributed by atoms with Gasteiger partial charge in [0.1, 0.15) is 16.5 Å². The van der Waals surface area contributed by atoms with Crippen molar-refractivity contribution in [1.82, 2.24) is 0 Å². The molecule has 0 bridgehead atoms. The van der Waals surface area contributed by atoms with Gasteiger partial charge in [0.2, 0.25) is 0 Å². The van der Waals surface area contributed by atoms with Gasteiger partial charge in [-0.15, -0.1) is 0 Å². The van der Waals surface area contributed by atoms with Gasteiger partial charge in [-0.1, -0.05) is 0 Å². The number of rotatable bonds is 7. The molecule has 2 N–H and O–H groups in total. The Morgan fingerprint density at radius 1 is 1.31 bits per heavy atom. The summed E-state index contributed by atoms with van der Waals surface area (Å²) in [5, 5.41) is 19.6. The molecule has 0 heterocycles. The number of nitro groups is 1. The highest BCUT2D eigenvalue weighted by Crippen LogP contribution is 2.39. The summed E-state index contributed by atoms with van der Waals surface area (Å²) < 4.78 is 35.4. The minimum absolute atomic E-state index is 0.0159. The summed E-state index contributed by atoms with van der Waals surface area (Å²) in [4.78, 5) is 20.9. The van der Waals surface area contributed by atoms with Gasteiger partial charge in [-0.2, -0.15) is 13.7 Å². The Balaban J connectivity index is 2.45. The smallest absolute Gasteiger partial charge is 0.339 e. The average molecular weight is 482 g/mol. The van der Waals surface area contributed by atoms with Crippen LogP contribution in [0, 0.1) is 21.4 Å². The zero-order valence-electron chi connectivity index (χ0n) is 14.7. The summed E-state index contributed by atoms with van der Waals surface area (Å²) in [5.74, 6) is -1.14. The van der Waals surface area contributed by atoms with Gasteiger partial charge in [0.15, 0.2) is 11.5 Å². The molecule has 2 aromatic carbocycles. The van der Waals surface area contributed by atoms with E-state index in [2.05, 4.69) is 15.9 Å². The molecule has 0 saturated carbocycles. The fraction of sp³-hybridized carbons (Fsp3) is 0.0588. The fourth-order valence-electron chi connectivity index (χ4n) is 2.12. The third-order valence-electron chi connectivity index (χ3n) is 3.48. The second kappa shape index (κ2) is 8.72. The predicted molar refractivity (Wildman–Crippen MR) is 104 cm³/mol. The van der Waals surface area contributed by atoms with Crippen LogP contribution in [0.2, 0.25) is 0 Å². The Labute approximate surface area is 173 Å². The Morgan fingerprint density at radius 2 is 1.93 bits per heavy atom. The molecular weight excluding hydrogens is 470 g/mol. The number of halogens is 1. The number of ether oxygens (including phenoxy) is 1. The number of amides is 1. The first-order valence-electron chi connectivity index (χ1n) is 7.57. The minimum Gasteiger partial charge on any atom is -0.493 e. The second-order valence-electron chi connectivity index (χ2n) is 5.36. The number of hydrogen-bond acceptors (Lipinski definition) is 8. The molecule has 0 fully saturated rings. The molecule has 0 aliphatic carbocycles. The number of nitriles is 1. The third kappa shape index (κ3) is 5.09. The molecule has 29 heavy (non-hydrogen) atoms. The molecule has 150 valence electrons. The lowest BCUT2D eigenvalue weighted by Gasteiger charge is -2.13. The van der Waals surface area contributed by atoms with Crippen LogP contribution in [0.1, 0.15) is 5.56 Å². The molecule has 0 saturated heterocycles.